The molecule has 0 aliphatic heterocycles. The fourth-order valence-electron chi connectivity index (χ4n) is 2.03. The summed E-state index contributed by atoms with van der Waals surface area (Å²) in [7, 11) is 0. The lowest BCUT2D eigenvalue weighted by molar-refractivity contribution is -0.149. The first-order chi connectivity index (χ1) is 11.9. The topological polar surface area (TPSA) is 90.7 Å². The van der Waals surface area contributed by atoms with Gasteiger partial charge in [-0.05, 0) is 36.1 Å². The molecule has 1 N–H and O–H groups in total. The van der Waals surface area contributed by atoms with Crippen LogP contribution in [0.25, 0.3) is 0 Å². The molecule has 0 bridgehead atoms. The SMILES string of the molecule is Cc1cc(OCC(=O)OCC(=O)Nc2ccon2)c(C(C)C)cc1Cl. The Hall–Kier alpha value is -2.54. The van der Waals surface area contributed by atoms with Crippen LogP contribution in [-0.4, -0.2) is 30.2 Å². The van der Waals surface area contributed by atoms with E-state index in [1.807, 2.05) is 26.8 Å². The van der Waals surface area contributed by atoms with E-state index in [1.165, 1.54) is 12.3 Å². The molecule has 0 fully saturated rings. The molecule has 0 aliphatic rings. The van der Waals surface area contributed by atoms with Crippen molar-refractivity contribution in [1.29, 1.82) is 0 Å². The Balaban J connectivity index is 1.85. The van der Waals surface area contributed by atoms with E-state index in [4.69, 9.17) is 21.1 Å². The van der Waals surface area contributed by atoms with E-state index in [2.05, 4.69) is 15.0 Å². The molecule has 0 saturated carbocycles. The highest BCUT2D eigenvalue weighted by Crippen LogP contribution is 2.31. The highest BCUT2D eigenvalue weighted by Gasteiger charge is 2.14. The first-order valence-corrected chi connectivity index (χ1v) is 8.03. The Morgan fingerprint density at radius 3 is 2.72 bits per heavy atom. The second-order valence-electron chi connectivity index (χ2n) is 5.68. The average molecular weight is 367 g/mol. The Labute approximate surface area is 150 Å². The van der Waals surface area contributed by atoms with E-state index in [-0.39, 0.29) is 18.3 Å². The normalized spacial score (nSPS) is 10.6. The molecule has 8 heteroatoms. The number of anilines is 1. The van der Waals surface area contributed by atoms with Crippen molar-refractivity contribution in [2.45, 2.75) is 26.7 Å². The molecule has 0 saturated heterocycles. The summed E-state index contributed by atoms with van der Waals surface area (Å²) < 4.78 is 15.0. The number of esters is 1. The maximum Gasteiger partial charge on any atom is 0.344 e. The maximum absolute atomic E-state index is 11.8. The summed E-state index contributed by atoms with van der Waals surface area (Å²) in [6.07, 6.45) is 1.32. The fourth-order valence-corrected chi connectivity index (χ4v) is 2.20. The van der Waals surface area contributed by atoms with Crippen molar-refractivity contribution in [1.82, 2.24) is 5.16 Å². The van der Waals surface area contributed by atoms with Crippen LogP contribution in [0.2, 0.25) is 5.02 Å². The van der Waals surface area contributed by atoms with Crippen molar-refractivity contribution in [3.05, 3.63) is 40.6 Å². The minimum absolute atomic E-state index is 0.178. The number of carbonyl (C=O) groups is 2. The lowest BCUT2D eigenvalue weighted by Gasteiger charge is -2.15. The van der Waals surface area contributed by atoms with Gasteiger partial charge in [-0.1, -0.05) is 30.6 Å². The number of hydrogen-bond acceptors (Lipinski definition) is 6. The molecule has 1 aromatic carbocycles. The van der Waals surface area contributed by atoms with Crippen molar-refractivity contribution in [3.63, 3.8) is 0 Å². The molecular formula is C17H19ClN2O5. The molecule has 2 rings (SSSR count). The standard InChI is InChI=1S/C17H19ClN2O5/c1-10(2)12-7-13(18)11(3)6-14(12)23-9-17(22)24-8-16(21)19-15-4-5-25-20-15/h4-7,10H,8-9H2,1-3H3,(H,19,20,21). The minimum atomic E-state index is -0.655. The number of rotatable bonds is 7. The van der Waals surface area contributed by atoms with Crippen LogP contribution < -0.4 is 10.1 Å². The quantitative estimate of drug-likeness (QED) is 0.756. The molecule has 1 amide bonds. The second-order valence-corrected chi connectivity index (χ2v) is 6.08. The number of ether oxygens (including phenoxy) is 2. The summed E-state index contributed by atoms with van der Waals surface area (Å²) in [6.45, 7) is 5.11. The van der Waals surface area contributed by atoms with Crippen LogP contribution >= 0.6 is 11.6 Å². The number of benzene rings is 1. The zero-order valence-corrected chi connectivity index (χ0v) is 14.9. The number of aryl methyl sites for hydroxylation is 1. The number of halogens is 1. The van der Waals surface area contributed by atoms with E-state index >= 15 is 0 Å². The Bertz CT molecular complexity index is 744. The molecule has 0 atom stereocenters. The molecule has 2 aromatic rings. The smallest absolute Gasteiger partial charge is 0.344 e. The van der Waals surface area contributed by atoms with Gasteiger partial charge in [0.1, 0.15) is 12.0 Å². The first-order valence-electron chi connectivity index (χ1n) is 7.65. The van der Waals surface area contributed by atoms with Crippen LogP contribution in [0.5, 0.6) is 5.75 Å². The number of hydrogen-bond donors (Lipinski definition) is 1. The molecule has 0 spiro atoms. The van der Waals surface area contributed by atoms with Gasteiger partial charge in [-0.15, -0.1) is 0 Å². The number of aromatic nitrogens is 1. The Morgan fingerprint density at radius 1 is 1.32 bits per heavy atom. The number of nitrogens with zero attached hydrogens (tertiary/aromatic N) is 1. The highest BCUT2D eigenvalue weighted by molar-refractivity contribution is 6.31. The van der Waals surface area contributed by atoms with Gasteiger partial charge < -0.3 is 19.3 Å². The van der Waals surface area contributed by atoms with Gasteiger partial charge in [0.2, 0.25) is 0 Å². The average Bonchev–Trinajstić information content (AvgIpc) is 3.06. The molecule has 134 valence electrons. The van der Waals surface area contributed by atoms with E-state index in [1.54, 1.807) is 6.07 Å². The van der Waals surface area contributed by atoms with Crippen molar-refractivity contribution in [2.24, 2.45) is 0 Å². The first kappa shape index (κ1) is 18.8. The summed E-state index contributed by atoms with van der Waals surface area (Å²) in [5, 5.41) is 6.57. The van der Waals surface area contributed by atoms with E-state index in [0.29, 0.717) is 10.8 Å². The third kappa shape index (κ3) is 5.49. The van der Waals surface area contributed by atoms with Gasteiger partial charge in [-0.3, -0.25) is 4.79 Å². The lowest BCUT2D eigenvalue weighted by atomic mass is 10.0. The van der Waals surface area contributed by atoms with Crippen LogP contribution in [0.1, 0.15) is 30.9 Å². The summed E-state index contributed by atoms with van der Waals surface area (Å²) in [6, 6.07) is 5.08. The van der Waals surface area contributed by atoms with Crippen molar-refractivity contribution in [3.8, 4) is 5.75 Å². The fraction of sp³-hybridized carbons (Fsp3) is 0.353. The summed E-state index contributed by atoms with van der Waals surface area (Å²) in [4.78, 5) is 23.4. The predicted octanol–water partition coefficient (Wildman–Crippen LogP) is 3.32. The number of nitrogens with one attached hydrogen (secondary N) is 1. The summed E-state index contributed by atoms with van der Waals surface area (Å²) >= 11 is 6.13. The van der Waals surface area contributed by atoms with Crippen LogP contribution in [0, 0.1) is 6.92 Å². The van der Waals surface area contributed by atoms with Crippen molar-refractivity contribution < 1.29 is 23.6 Å². The zero-order chi connectivity index (χ0) is 18.4. The maximum atomic E-state index is 11.8. The van der Waals surface area contributed by atoms with Gasteiger partial charge in [-0.25, -0.2) is 4.79 Å². The molecule has 7 nitrogen and oxygen atoms in total. The van der Waals surface area contributed by atoms with Crippen molar-refractivity contribution in [2.75, 3.05) is 18.5 Å². The van der Waals surface area contributed by atoms with E-state index < -0.39 is 18.5 Å². The summed E-state index contributed by atoms with van der Waals surface area (Å²) in [5.41, 5.74) is 1.74. The third-order valence-electron chi connectivity index (χ3n) is 3.33. The van der Waals surface area contributed by atoms with E-state index in [0.717, 1.165) is 11.1 Å². The Morgan fingerprint density at radius 2 is 2.08 bits per heavy atom. The monoisotopic (exact) mass is 366 g/mol. The summed E-state index contributed by atoms with van der Waals surface area (Å²) in [5.74, 6) is -0.182. The largest absolute Gasteiger partial charge is 0.482 e. The number of amides is 1. The van der Waals surface area contributed by atoms with E-state index in [9.17, 15) is 9.59 Å². The highest BCUT2D eigenvalue weighted by atomic mass is 35.5. The van der Waals surface area contributed by atoms with Gasteiger partial charge in [0, 0.05) is 11.1 Å². The number of carbonyl (C=O) groups excluding carboxylic acids is 2. The Kier molecular flexibility index (Phi) is 6.41. The van der Waals surface area contributed by atoms with Crippen LogP contribution in [-0.2, 0) is 14.3 Å². The molecule has 25 heavy (non-hydrogen) atoms. The van der Waals surface area contributed by atoms with Crippen LogP contribution in [0.4, 0.5) is 5.82 Å². The molecule has 0 unspecified atom stereocenters. The van der Waals surface area contributed by atoms with Crippen LogP contribution in [0.15, 0.2) is 29.0 Å². The zero-order valence-electron chi connectivity index (χ0n) is 14.2. The second kappa shape index (κ2) is 8.53. The van der Waals surface area contributed by atoms with Crippen LogP contribution in [0.3, 0.4) is 0 Å². The molecule has 0 radical (unpaired) electrons. The lowest BCUT2D eigenvalue weighted by Crippen LogP contribution is -2.24. The van der Waals surface area contributed by atoms with Gasteiger partial charge in [-0.2, -0.15) is 0 Å². The third-order valence-corrected chi connectivity index (χ3v) is 3.74. The van der Waals surface area contributed by atoms with Gasteiger partial charge in [0.15, 0.2) is 19.0 Å². The molecular weight excluding hydrogens is 348 g/mol. The molecule has 1 heterocycles. The van der Waals surface area contributed by atoms with Gasteiger partial charge in [0.05, 0.1) is 0 Å². The van der Waals surface area contributed by atoms with Gasteiger partial charge >= 0.3 is 5.97 Å². The molecule has 0 aliphatic carbocycles. The van der Waals surface area contributed by atoms with Gasteiger partial charge in [0.25, 0.3) is 5.91 Å². The minimum Gasteiger partial charge on any atom is -0.482 e. The molecule has 1 aromatic heterocycles. The van der Waals surface area contributed by atoms with Crippen molar-refractivity contribution >= 4 is 29.3 Å². The predicted molar refractivity (Wildman–Crippen MR) is 91.9 cm³/mol.